The number of hydrogen-bond donors (Lipinski definition) is 1. The van der Waals surface area contributed by atoms with Crippen molar-refractivity contribution < 1.29 is 14.6 Å². The van der Waals surface area contributed by atoms with Gasteiger partial charge in [0.25, 0.3) is 0 Å². The van der Waals surface area contributed by atoms with Crippen LogP contribution in [0.15, 0.2) is 12.2 Å². The minimum atomic E-state index is -0.462. The van der Waals surface area contributed by atoms with Crippen molar-refractivity contribution in [3.63, 3.8) is 0 Å². The van der Waals surface area contributed by atoms with E-state index in [2.05, 4.69) is 0 Å². The van der Waals surface area contributed by atoms with Crippen LogP contribution in [0.5, 0.6) is 0 Å². The first-order valence-electron chi connectivity index (χ1n) is 2.83. The predicted octanol–water partition coefficient (Wildman–Crippen LogP) is -0.0938. The summed E-state index contributed by atoms with van der Waals surface area (Å²) in [6.07, 6.45) is 2.62. The molecule has 2 atom stereocenters. The summed E-state index contributed by atoms with van der Waals surface area (Å²) in [5.41, 5.74) is 0. The van der Waals surface area contributed by atoms with E-state index >= 15 is 0 Å². The molecule has 0 aromatic rings. The second kappa shape index (κ2) is 2.96. The lowest BCUT2D eigenvalue weighted by Gasteiger charge is -2.18. The first-order chi connectivity index (χ1) is 4.33. The molecule has 3 heteroatoms. The normalized spacial score (nSPS) is 34.9. The summed E-state index contributed by atoms with van der Waals surface area (Å²) in [4.78, 5) is 0. The fraction of sp³-hybridized carbons (Fsp3) is 0.667. The van der Waals surface area contributed by atoms with Crippen LogP contribution >= 0.6 is 0 Å². The first-order valence-corrected chi connectivity index (χ1v) is 2.83. The SMILES string of the molecule is CO[C@H]1C=C[C@H](O)CO1. The molecule has 9 heavy (non-hydrogen) atoms. The second-order valence-electron chi connectivity index (χ2n) is 1.89. The van der Waals surface area contributed by atoms with E-state index in [9.17, 15) is 0 Å². The maximum atomic E-state index is 8.86. The number of methoxy groups -OCH3 is 1. The Labute approximate surface area is 53.9 Å². The van der Waals surface area contributed by atoms with Gasteiger partial charge in [-0.05, 0) is 6.08 Å². The Morgan fingerprint density at radius 3 is 2.89 bits per heavy atom. The maximum Gasteiger partial charge on any atom is 0.176 e. The molecule has 0 spiro atoms. The van der Waals surface area contributed by atoms with Gasteiger partial charge in [-0.1, -0.05) is 6.08 Å². The molecule has 0 amide bonds. The summed E-state index contributed by atoms with van der Waals surface area (Å²) in [5.74, 6) is 0. The smallest absolute Gasteiger partial charge is 0.176 e. The minimum Gasteiger partial charge on any atom is -0.387 e. The van der Waals surface area contributed by atoms with Crippen molar-refractivity contribution in [1.82, 2.24) is 0 Å². The van der Waals surface area contributed by atoms with Gasteiger partial charge in [0.05, 0.1) is 12.7 Å². The molecule has 0 bridgehead atoms. The molecule has 1 rings (SSSR count). The zero-order chi connectivity index (χ0) is 6.69. The van der Waals surface area contributed by atoms with E-state index in [0.29, 0.717) is 6.61 Å². The van der Waals surface area contributed by atoms with E-state index in [4.69, 9.17) is 14.6 Å². The maximum absolute atomic E-state index is 8.86. The highest BCUT2D eigenvalue weighted by atomic mass is 16.7. The van der Waals surface area contributed by atoms with Crippen LogP contribution in [0, 0.1) is 0 Å². The fourth-order valence-electron chi connectivity index (χ4n) is 0.670. The molecule has 0 aliphatic carbocycles. The van der Waals surface area contributed by atoms with E-state index in [0.717, 1.165) is 0 Å². The van der Waals surface area contributed by atoms with Gasteiger partial charge in [0.2, 0.25) is 0 Å². The monoisotopic (exact) mass is 130 g/mol. The Bertz CT molecular complexity index is 111. The molecule has 0 saturated carbocycles. The highest BCUT2D eigenvalue weighted by Crippen LogP contribution is 2.04. The molecule has 1 heterocycles. The van der Waals surface area contributed by atoms with Crippen LogP contribution in [0.2, 0.25) is 0 Å². The van der Waals surface area contributed by atoms with Crippen molar-refractivity contribution in [1.29, 1.82) is 0 Å². The van der Waals surface area contributed by atoms with E-state index in [1.165, 1.54) is 0 Å². The summed E-state index contributed by atoms with van der Waals surface area (Å²) in [7, 11) is 1.56. The van der Waals surface area contributed by atoms with Gasteiger partial charge >= 0.3 is 0 Å². The molecule has 0 fully saturated rings. The number of rotatable bonds is 1. The first kappa shape index (κ1) is 6.74. The second-order valence-corrected chi connectivity index (χ2v) is 1.89. The number of aliphatic hydroxyl groups is 1. The molecule has 1 aliphatic heterocycles. The lowest BCUT2D eigenvalue weighted by Crippen LogP contribution is -2.25. The molecule has 1 N–H and O–H groups in total. The molecule has 0 radical (unpaired) electrons. The molecule has 3 nitrogen and oxygen atoms in total. The van der Waals surface area contributed by atoms with E-state index in [1.807, 2.05) is 0 Å². The molecule has 0 aromatic carbocycles. The molecular weight excluding hydrogens is 120 g/mol. The van der Waals surface area contributed by atoms with Crippen molar-refractivity contribution in [2.24, 2.45) is 0 Å². The summed E-state index contributed by atoms with van der Waals surface area (Å²) < 4.78 is 9.80. The van der Waals surface area contributed by atoms with Gasteiger partial charge < -0.3 is 14.6 Å². The largest absolute Gasteiger partial charge is 0.387 e. The van der Waals surface area contributed by atoms with Crippen molar-refractivity contribution in [2.75, 3.05) is 13.7 Å². The summed E-state index contributed by atoms with van der Waals surface area (Å²) in [5, 5.41) is 8.86. The molecule has 0 saturated heterocycles. The van der Waals surface area contributed by atoms with Crippen LogP contribution in [0.3, 0.4) is 0 Å². The van der Waals surface area contributed by atoms with Crippen LogP contribution in [0.1, 0.15) is 0 Å². The average Bonchev–Trinajstić information content (AvgIpc) is 1.90. The molecule has 1 aliphatic rings. The third-order valence-electron chi connectivity index (χ3n) is 1.15. The Hall–Kier alpha value is -0.380. The molecule has 0 aromatic heterocycles. The molecule has 0 unspecified atom stereocenters. The van der Waals surface area contributed by atoms with Crippen LogP contribution in [0.4, 0.5) is 0 Å². The van der Waals surface area contributed by atoms with E-state index in [-0.39, 0.29) is 6.29 Å². The Morgan fingerprint density at radius 2 is 2.44 bits per heavy atom. The molecular formula is C6H10O3. The fourth-order valence-corrected chi connectivity index (χ4v) is 0.670. The standard InChI is InChI=1S/C6H10O3/c1-8-6-3-2-5(7)4-9-6/h2-3,5-7H,4H2,1H3/t5-,6+/m0/s1. The Balaban J connectivity index is 2.38. The number of aliphatic hydroxyl groups excluding tert-OH is 1. The quantitative estimate of drug-likeness (QED) is 0.504. The Kier molecular flexibility index (Phi) is 2.22. The summed E-state index contributed by atoms with van der Waals surface area (Å²) >= 11 is 0. The van der Waals surface area contributed by atoms with Gasteiger partial charge in [0.1, 0.15) is 0 Å². The van der Waals surface area contributed by atoms with Crippen LogP contribution in [-0.4, -0.2) is 31.2 Å². The van der Waals surface area contributed by atoms with Crippen molar-refractivity contribution in [3.05, 3.63) is 12.2 Å². The molecule has 52 valence electrons. The van der Waals surface area contributed by atoms with Crippen LogP contribution in [-0.2, 0) is 9.47 Å². The van der Waals surface area contributed by atoms with Gasteiger partial charge in [-0.3, -0.25) is 0 Å². The third kappa shape index (κ3) is 1.78. The van der Waals surface area contributed by atoms with Crippen molar-refractivity contribution in [3.8, 4) is 0 Å². The highest BCUT2D eigenvalue weighted by Gasteiger charge is 2.11. The zero-order valence-corrected chi connectivity index (χ0v) is 5.28. The predicted molar refractivity (Wildman–Crippen MR) is 31.9 cm³/mol. The van der Waals surface area contributed by atoms with Gasteiger partial charge in [0.15, 0.2) is 6.29 Å². The van der Waals surface area contributed by atoms with Gasteiger partial charge in [-0.25, -0.2) is 0 Å². The zero-order valence-electron chi connectivity index (χ0n) is 5.28. The Morgan fingerprint density at radius 1 is 1.67 bits per heavy atom. The van der Waals surface area contributed by atoms with Gasteiger partial charge in [-0.2, -0.15) is 0 Å². The summed E-state index contributed by atoms with van der Waals surface area (Å²) in [6.45, 7) is 0.328. The topological polar surface area (TPSA) is 38.7 Å². The van der Waals surface area contributed by atoms with Crippen molar-refractivity contribution in [2.45, 2.75) is 12.4 Å². The van der Waals surface area contributed by atoms with E-state index in [1.54, 1.807) is 19.3 Å². The van der Waals surface area contributed by atoms with E-state index < -0.39 is 6.10 Å². The number of ether oxygens (including phenoxy) is 2. The van der Waals surface area contributed by atoms with Crippen LogP contribution < -0.4 is 0 Å². The van der Waals surface area contributed by atoms with Crippen LogP contribution in [0.25, 0.3) is 0 Å². The van der Waals surface area contributed by atoms with Crippen molar-refractivity contribution >= 4 is 0 Å². The average molecular weight is 130 g/mol. The van der Waals surface area contributed by atoms with Gasteiger partial charge in [-0.15, -0.1) is 0 Å². The third-order valence-corrected chi connectivity index (χ3v) is 1.15. The summed E-state index contributed by atoms with van der Waals surface area (Å²) in [6, 6.07) is 0. The lowest BCUT2D eigenvalue weighted by molar-refractivity contribution is -0.115. The highest BCUT2D eigenvalue weighted by molar-refractivity contribution is 4.94. The minimum absolute atomic E-state index is 0.270. The lowest BCUT2D eigenvalue weighted by atomic mass is 10.3. The number of hydrogen-bond acceptors (Lipinski definition) is 3. The van der Waals surface area contributed by atoms with Gasteiger partial charge in [0, 0.05) is 7.11 Å².